The third-order valence-corrected chi connectivity index (χ3v) is 2.26. The van der Waals surface area contributed by atoms with E-state index in [9.17, 15) is 4.39 Å². The monoisotopic (exact) mass is 222 g/mol. The van der Waals surface area contributed by atoms with Gasteiger partial charge in [0.2, 0.25) is 0 Å². The van der Waals surface area contributed by atoms with Gasteiger partial charge in [-0.1, -0.05) is 11.6 Å². The SMILES string of the molecule is Nc1cccnc1-c1ccc(Cl)cc1F. The molecule has 2 nitrogen and oxygen atoms in total. The molecular weight excluding hydrogens is 215 g/mol. The fraction of sp³-hybridized carbons (Fsp3) is 0. The first-order valence-corrected chi connectivity index (χ1v) is 4.72. The van der Waals surface area contributed by atoms with Gasteiger partial charge < -0.3 is 5.73 Å². The smallest absolute Gasteiger partial charge is 0.134 e. The Bertz CT molecular complexity index is 500. The summed E-state index contributed by atoms with van der Waals surface area (Å²) < 4.78 is 13.5. The Morgan fingerprint density at radius 3 is 2.73 bits per heavy atom. The summed E-state index contributed by atoms with van der Waals surface area (Å²) in [6.07, 6.45) is 1.57. The van der Waals surface area contributed by atoms with Gasteiger partial charge in [-0.3, -0.25) is 4.98 Å². The number of rotatable bonds is 1. The number of halogens is 2. The van der Waals surface area contributed by atoms with Crippen LogP contribution in [0, 0.1) is 5.82 Å². The van der Waals surface area contributed by atoms with Crippen LogP contribution in [0.1, 0.15) is 0 Å². The topological polar surface area (TPSA) is 38.9 Å². The van der Waals surface area contributed by atoms with Crippen LogP contribution < -0.4 is 5.73 Å². The molecule has 0 aliphatic heterocycles. The van der Waals surface area contributed by atoms with Crippen molar-refractivity contribution in [2.45, 2.75) is 0 Å². The number of nitrogens with two attached hydrogens (primary N) is 1. The second-order valence-corrected chi connectivity index (χ2v) is 3.50. The fourth-order valence-electron chi connectivity index (χ4n) is 1.32. The number of aromatic nitrogens is 1. The van der Waals surface area contributed by atoms with Crippen molar-refractivity contribution in [3.8, 4) is 11.3 Å². The summed E-state index contributed by atoms with van der Waals surface area (Å²) in [4.78, 5) is 4.03. The van der Waals surface area contributed by atoms with Crippen molar-refractivity contribution in [3.05, 3.63) is 47.4 Å². The highest BCUT2D eigenvalue weighted by Crippen LogP contribution is 2.27. The first-order valence-electron chi connectivity index (χ1n) is 4.34. The summed E-state index contributed by atoms with van der Waals surface area (Å²) in [7, 11) is 0. The van der Waals surface area contributed by atoms with E-state index in [1.165, 1.54) is 6.07 Å². The molecule has 1 aromatic heterocycles. The molecule has 0 unspecified atom stereocenters. The lowest BCUT2D eigenvalue weighted by atomic mass is 10.1. The van der Waals surface area contributed by atoms with Crippen molar-refractivity contribution >= 4 is 17.3 Å². The Hall–Kier alpha value is -1.61. The summed E-state index contributed by atoms with van der Waals surface area (Å²) in [5, 5.41) is 0.353. The molecule has 2 N–H and O–H groups in total. The second-order valence-electron chi connectivity index (χ2n) is 3.07. The van der Waals surface area contributed by atoms with E-state index in [-0.39, 0.29) is 0 Å². The minimum Gasteiger partial charge on any atom is -0.397 e. The number of hydrogen-bond donors (Lipinski definition) is 1. The van der Waals surface area contributed by atoms with Crippen LogP contribution in [0.2, 0.25) is 5.02 Å². The number of hydrogen-bond acceptors (Lipinski definition) is 2. The predicted molar refractivity (Wildman–Crippen MR) is 59.1 cm³/mol. The number of benzene rings is 1. The Morgan fingerprint density at radius 2 is 2.07 bits per heavy atom. The van der Waals surface area contributed by atoms with Crippen LogP contribution in [-0.4, -0.2) is 4.98 Å². The van der Waals surface area contributed by atoms with E-state index >= 15 is 0 Å². The zero-order valence-electron chi connectivity index (χ0n) is 7.74. The molecule has 0 radical (unpaired) electrons. The quantitative estimate of drug-likeness (QED) is 0.805. The number of anilines is 1. The third kappa shape index (κ3) is 1.92. The largest absolute Gasteiger partial charge is 0.397 e. The van der Waals surface area contributed by atoms with E-state index in [4.69, 9.17) is 17.3 Å². The standard InChI is InChI=1S/C11H8ClFN2/c12-7-3-4-8(9(13)6-7)11-10(14)2-1-5-15-11/h1-6H,14H2. The molecule has 0 aliphatic rings. The zero-order chi connectivity index (χ0) is 10.8. The molecule has 76 valence electrons. The average Bonchev–Trinajstić information content (AvgIpc) is 2.20. The Balaban J connectivity index is 2.60. The van der Waals surface area contributed by atoms with E-state index in [0.29, 0.717) is 22.0 Å². The Labute approximate surface area is 91.5 Å². The van der Waals surface area contributed by atoms with Gasteiger partial charge in [-0.2, -0.15) is 0 Å². The average molecular weight is 223 g/mol. The number of nitrogens with zero attached hydrogens (tertiary/aromatic N) is 1. The summed E-state index contributed by atoms with van der Waals surface area (Å²) in [5.41, 5.74) is 6.94. The highest BCUT2D eigenvalue weighted by molar-refractivity contribution is 6.30. The number of pyridine rings is 1. The molecule has 0 amide bonds. The van der Waals surface area contributed by atoms with E-state index in [1.54, 1.807) is 30.5 Å². The van der Waals surface area contributed by atoms with Gasteiger partial charge in [0.15, 0.2) is 0 Å². The molecule has 15 heavy (non-hydrogen) atoms. The number of nitrogen functional groups attached to an aromatic ring is 1. The molecule has 0 bridgehead atoms. The Kier molecular flexibility index (Phi) is 2.56. The van der Waals surface area contributed by atoms with Gasteiger partial charge in [-0.25, -0.2) is 4.39 Å². The van der Waals surface area contributed by atoms with Gasteiger partial charge in [0.25, 0.3) is 0 Å². The van der Waals surface area contributed by atoms with Gasteiger partial charge in [-0.15, -0.1) is 0 Å². The summed E-state index contributed by atoms with van der Waals surface area (Å²) in [5.74, 6) is -0.423. The van der Waals surface area contributed by atoms with Gasteiger partial charge >= 0.3 is 0 Å². The summed E-state index contributed by atoms with van der Waals surface area (Å²) >= 11 is 5.65. The lowest BCUT2D eigenvalue weighted by molar-refractivity contribution is 0.631. The van der Waals surface area contributed by atoms with Crippen LogP contribution in [0.3, 0.4) is 0 Å². The highest BCUT2D eigenvalue weighted by Gasteiger charge is 2.09. The van der Waals surface area contributed by atoms with E-state index in [2.05, 4.69) is 4.98 Å². The van der Waals surface area contributed by atoms with Crippen LogP contribution in [-0.2, 0) is 0 Å². The first kappa shape index (κ1) is 9.93. The molecule has 1 heterocycles. The second kappa shape index (κ2) is 3.87. The highest BCUT2D eigenvalue weighted by atomic mass is 35.5. The molecule has 2 rings (SSSR count). The molecule has 0 aliphatic carbocycles. The van der Waals surface area contributed by atoms with Crippen molar-refractivity contribution in [2.75, 3.05) is 5.73 Å². The van der Waals surface area contributed by atoms with E-state index < -0.39 is 5.82 Å². The van der Waals surface area contributed by atoms with Crippen molar-refractivity contribution < 1.29 is 4.39 Å². The van der Waals surface area contributed by atoms with Crippen LogP contribution in [0.15, 0.2) is 36.5 Å². The van der Waals surface area contributed by atoms with Crippen molar-refractivity contribution in [2.24, 2.45) is 0 Å². The van der Waals surface area contributed by atoms with Gasteiger partial charge in [0.05, 0.1) is 11.4 Å². The molecule has 0 saturated heterocycles. The molecule has 2 aromatic rings. The van der Waals surface area contributed by atoms with Crippen molar-refractivity contribution in [3.63, 3.8) is 0 Å². The summed E-state index contributed by atoms with van der Waals surface area (Å²) in [6, 6.07) is 7.79. The maximum atomic E-state index is 13.5. The van der Waals surface area contributed by atoms with Crippen LogP contribution in [0.25, 0.3) is 11.3 Å². The molecule has 0 atom stereocenters. The van der Waals surface area contributed by atoms with Crippen LogP contribution in [0.4, 0.5) is 10.1 Å². The lowest BCUT2D eigenvalue weighted by Gasteiger charge is -2.05. The van der Waals surface area contributed by atoms with E-state index in [0.717, 1.165) is 0 Å². The molecule has 1 aromatic carbocycles. The first-order chi connectivity index (χ1) is 7.18. The van der Waals surface area contributed by atoms with E-state index in [1.807, 2.05) is 0 Å². The normalized spacial score (nSPS) is 10.3. The minimum absolute atomic E-state index is 0.353. The maximum absolute atomic E-state index is 13.5. The molecule has 0 fully saturated rings. The Morgan fingerprint density at radius 1 is 1.27 bits per heavy atom. The maximum Gasteiger partial charge on any atom is 0.134 e. The predicted octanol–water partition coefficient (Wildman–Crippen LogP) is 3.12. The molecule has 0 spiro atoms. The third-order valence-electron chi connectivity index (χ3n) is 2.03. The lowest BCUT2D eigenvalue weighted by Crippen LogP contribution is -1.94. The fourth-order valence-corrected chi connectivity index (χ4v) is 1.48. The molecular formula is C11H8ClFN2. The van der Waals surface area contributed by atoms with Gasteiger partial charge in [0, 0.05) is 16.8 Å². The van der Waals surface area contributed by atoms with Crippen molar-refractivity contribution in [1.29, 1.82) is 0 Å². The van der Waals surface area contributed by atoms with Gasteiger partial charge in [-0.05, 0) is 30.3 Å². The summed E-state index contributed by atoms with van der Waals surface area (Å²) in [6.45, 7) is 0. The van der Waals surface area contributed by atoms with Crippen LogP contribution in [0.5, 0.6) is 0 Å². The zero-order valence-corrected chi connectivity index (χ0v) is 8.50. The molecule has 0 saturated carbocycles. The van der Waals surface area contributed by atoms with Crippen molar-refractivity contribution in [1.82, 2.24) is 4.98 Å². The molecule has 4 heteroatoms. The van der Waals surface area contributed by atoms with Gasteiger partial charge in [0.1, 0.15) is 5.82 Å². The minimum atomic E-state index is -0.423. The van der Waals surface area contributed by atoms with Crippen LogP contribution >= 0.6 is 11.6 Å².